The molecule has 0 spiro atoms. The number of hydrogen-bond acceptors (Lipinski definition) is 3. The Hall–Kier alpha value is -2.24. The van der Waals surface area contributed by atoms with Gasteiger partial charge in [0.05, 0.1) is 11.0 Å². The maximum Gasteiger partial charge on any atom is 0.317 e. The highest BCUT2D eigenvalue weighted by atomic mass is 16.2. The maximum atomic E-state index is 12.3. The zero-order valence-electron chi connectivity index (χ0n) is 15.5. The molecular formula is C19H29N5O. The van der Waals surface area contributed by atoms with E-state index in [1.165, 1.54) is 5.52 Å². The number of imidazole rings is 1. The van der Waals surface area contributed by atoms with Gasteiger partial charge >= 0.3 is 6.03 Å². The molecule has 1 fully saturated rings. The number of hydrogen-bond donors (Lipinski definition) is 1. The van der Waals surface area contributed by atoms with Crippen molar-refractivity contribution in [2.75, 3.05) is 37.6 Å². The lowest BCUT2D eigenvalue weighted by Gasteiger charge is -2.35. The number of nitrogens with zero attached hydrogens (tertiary/aromatic N) is 4. The minimum atomic E-state index is 0.0595. The Bertz CT molecular complexity index is 716. The number of nitrogens with one attached hydrogen (secondary N) is 1. The molecule has 0 saturated carbocycles. The van der Waals surface area contributed by atoms with Crippen LogP contribution in [0.3, 0.4) is 0 Å². The minimum Gasteiger partial charge on any atom is -0.339 e. The van der Waals surface area contributed by atoms with E-state index < -0.39 is 0 Å². The second-order valence-electron chi connectivity index (χ2n) is 7.03. The van der Waals surface area contributed by atoms with Gasteiger partial charge in [-0.05, 0) is 31.4 Å². The van der Waals surface area contributed by atoms with Gasteiger partial charge < -0.3 is 19.7 Å². The molecule has 1 aromatic heterocycles. The number of piperazine rings is 1. The number of amides is 2. The zero-order chi connectivity index (χ0) is 17.8. The van der Waals surface area contributed by atoms with Crippen molar-refractivity contribution in [3.05, 3.63) is 24.3 Å². The molecule has 0 unspecified atom stereocenters. The number of aromatic nitrogens is 2. The van der Waals surface area contributed by atoms with Gasteiger partial charge in [0.15, 0.2) is 0 Å². The van der Waals surface area contributed by atoms with Crippen LogP contribution in [-0.4, -0.2) is 53.2 Å². The molecule has 3 rings (SSSR count). The molecular weight excluding hydrogens is 314 g/mol. The van der Waals surface area contributed by atoms with Crippen LogP contribution in [-0.2, 0) is 6.54 Å². The molecule has 2 amide bonds. The Labute approximate surface area is 149 Å². The fourth-order valence-electron chi connectivity index (χ4n) is 3.31. The van der Waals surface area contributed by atoms with Crippen molar-refractivity contribution in [3.8, 4) is 0 Å². The molecule has 0 aliphatic carbocycles. The summed E-state index contributed by atoms with van der Waals surface area (Å²) in [6.07, 6.45) is 1.02. The third-order valence-corrected chi connectivity index (χ3v) is 4.80. The number of fused-ring (bicyclic) bond motifs is 1. The minimum absolute atomic E-state index is 0.0595. The summed E-state index contributed by atoms with van der Waals surface area (Å²) in [5.74, 6) is 1.63. The Morgan fingerprint density at radius 3 is 2.60 bits per heavy atom. The van der Waals surface area contributed by atoms with E-state index in [1.807, 2.05) is 11.0 Å². The van der Waals surface area contributed by atoms with Crippen molar-refractivity contribution in [2.45, 2.75) is 33.7 Å². The van der Waals surface area contributed by atoms with Crippen LogP contribution >= 0.6 is 0 Å². The molecule has 6 heteroatoms. The van der Waals surface area contributed by atoms with E-state index in [2.05, 4.69) is 53.8 Å². The number of anilines is 1. The Morgan fingerprint density at radius 1 is 1.20 bits per heavy atom. The van der Waals surface area contributed by atoms with Gasteiger partial charge in [0, 0.05) is 39.3 Å². The van der Waals surface area contributed by atoms with Gasteiger partial charge in [-0.25, -0.2) is 9.78 Å². The molecule has 2 heterocycles. The van der Waals surface area contributed by atoms with Crippen LogP contribution in [0.1, 0.15) is 27.2 Å². The number of carbonyl (C=O) groups is 1. The van der Waals surface area contributed by atoms with Gasteiger partial charge in [-0.15, -0.1) is 0 Å². The molecule has 6 nitrogen and oxygen atoms in total. The Morgan fingerprint density at radius 2 is 1.92 bits per heavy atom. The SMILES string of the molecule is CCn1c(N2CCN(C(=O)NCCC(C)C)CC2)nc2ccccc21. The number of para-hydroxylation sites is 2. The first-order valence-corrected chi connectivity index (χ1v) is 9.33. The van der Waals surface area contributed by atoms with Crippen molar-refractivity contribution < 1.29 is 4.79 Å². The standard InChI is InChI=1S/C19H29N5O/c1-4-24-17-8-6-5-7-16(17)21-18(24)22-11-13-23(14-12-22)19(25)20-10-9-15(2)3/h5-8,15H,4,9-14H2,1-3H3,(H,20,25). The van der Waals surface area contributed by atoms with Crippen LogP contribution < -0.4 is 10.2 Å². The first kappa shape index (κ1) is 17.6. The summed E-state index contributed by atoms with van der Waals surface area (Å²) >= 11 is 0. The quantitative estimate of drug-likeness (QED) is 0.908. The number of aryl methyl sites for hydroxylation is 1. The van der Waals surface area contributed by atoms with Crippen molar-refractivity contribution in [3.63, 3.8) is 0 Å². The van der Waals surface area contributed by atoms with E-state index in [1.54, 1.807) is 0 Å². The lowest BCUT2D eigenvalue weighted by Crippen LogP contribution is -2.52. The summed E-state index contributed by atoms with van der Waals surface area (Å²) in [6.45, 7) is 11.3. The molecule has 1 aliphatic rings. The van der Waals surface area contributed by atoms with E-state index in [0.717, 1.165) is 57.2 Å². The molecule has 25 heavy (non-hydrogen) atoms. The van der Waals surface area contributed by atoms with Crippen molar-refractivity contribution >= 4 is 23.0 Å². The molecule has 1 aromatic carbocycles. The number of urea groups is 1. The monoisotopic (exact) mass is 343 g/mol. The molecule has 1 N–H and O–H groups in total. The summed E-state index contributed by atoms with van der Waals surface area (Å²) in [4.78, 5) is 21.3. The summed E-state index contributed by atoms with van der Waals surface area (Å²) in [6, 6.07) is 8.32. The lowest BCUT2D eigenvalue weighted by molar-refractivity contribution is 0.193. The average molecular weight is 343 g/mol. The van der Waals surface area contributed by atoms with Gasteiger partial charge in [-0.1, -0.05) is 26.0 Å². The third-order valence-electron chi connectivity index (χ3n) is 4.80. The second kappa shape index (κ2) is 7.76. The van der Waals surface area contributed by atoms with Crippen LogP contribution in [0.4, 0.5) is 10.7 Å². The van der Waals surface area contributed by atoms with Gasteiger partial charge in [-0.3, -0.25) is 0 Å². The largest absolute Gasteiger partial charge is 0.339 e. The smallest absolute Gasteiger partial charge is 0.317 e. The fourth-order valence-corrected chi connectivity index (χ4v) is 3.31. The lowest BCUT2D eigenvalue weighted by atomic mass is 10.1. The van der Waals surface area contributed by atoms with Gasteiger partial charge in [-0.2, -0.15) is 0 Å². The predicted octanol–water partition coefficient (Wildman–Crippen LogP) is 2.93. The van der Waals surface area contributed by atoms with Crippen molar-refractivity contribution in [1.29, 1.82) is 0 Å². The molecule has 0 atom stereocenters. The van der Waals surface area contributed by atoms with Crippen LogP contribution in [0.2, 0.25) is 0 Å². The van der Waals surface area contributed by atoms with Crippen LogP contribution in [0, 0.1) is 5.92 Å². The van der Waals surface area contributed by atoms with Gasteiger partial charge in [0.25, 0.3) is 0 Å². The van der Waals surface area contributed by atoms with E-state index in [-0.39, 0.29) is 6.03 Å². The maximum absolute atomic E-state index is 12.3. The van der Waals surface area contributed by atoms with E-state index >= 15 is 0 Å². The highest BCUT2D eigenvalue weighted by molar-refractivity contribution is 5.79. The average Bonchev–Trinajstić information content (AvgIpc) is 3.00. The summed E-state index contributed by atoms with van der Waals surface area (Å²) in [5.41, 5.74) is 2.21. The number of rotatable bonds is 5. The second-order valence-corrected chi connectivity index (χ2v) is 7.03. The first-order chi connectivity index (χ1) is 12.1. The highest BCUT2D eigenvalue weighted by Gasteiger charge is 2.24. The molecule has 1 saturated heterocycles. The van der Waals surface area contributed by atoms with E-state index in [0.29, 0.717) is 5.92 Å². The summed E-state index contributed by atoms with van der Waals surface area (Å²) in [7, 11) is 0. The molecule has 0 bridgehead atoms. The molecule has 1 aliphatic heterocycles. The molecule has 2 aromatic rings. The summed E-state index contributed by atoms with van der Waals surface area (Å²) < 4.78 is 2.26. The van der Waals surface area contributed by atoms with Crippen LogP contribution in [0.25, 0.3) is 11.0 Å². The number of benzene rings is 1. The molecule has 0 radical (unpaired) electrons. The normalized spacial score (nSPS) is 15.2. The fraction of sp³-hybridized carbons (Fsp3) is 0.579. The summed E-state index contributed by atoms with van der Waals surface area (Å²) in [5, 5.41) is 3.03. The van der Waals surface area contributed by atoms with Crippen LogP contribution in [0.15, 0.2) is 24.3 Å². The predicted molar refractivity (Wildman–Crippen MR) is 102 cm³/mol. The Balaban J connectivity index is 1.62. The molecule has 136 valence electrons. The van der Waals surface area contributed by atoms with Gasteiger partial charge in [0.1, 0.15) is 0 Å². The topological polar surface area (TPSA) is 53.4 Å². The zero-order valence-corrected chi connectivity index (χ0v) is 15.5. The van der Waals surface area contributed by atoms with E-state index in [4.69, 9.17) is 4.98 Å². The third kappa shape index (κ3) is 3.89. The van der Waals surface area contributed by atoms with Crippen molar-refractivity contribution in [1.82, 2.24) is 19.8 Å². The van der Waals surface area contributed by atoms with Crippen molar-refractivity contribution in [2.24, 2.45) is 5.92 Å². The first-order valence-electron chi connectivity index (χ1n) is 9.33. The highest BCUT2D eigenvalue weighted by Crippen LogP contribution is 2.23. The Kier molecular flexibility index (Phi) is 5.46. The van der Waals surface area contributed by atoms with Gasteiger partial charge in [0.2, 0.25) is 5.95 Å². The number of carbonyl (C=O) groups excluding carboxylic acids is 1. The van der Waals surface area contributed by atoms with E-state index in [9.17, 15) is 4.79 Å². The van der Waals surface area contributed by atoms with Crippen LogP contribution in [0.5, 0.6) is 0 Å².